The summed E-state index contributed by atoms with van der Waals surface area (Å²) in [5, 5.41) is 11.6. The molecule has 0 fully saturated rings. The van der Waals surface area contributed by atoms with Crippen LogP contribution < -0.4 is 4.74 Å². The van der Waals surface area contributed by atoms with Gasteiger partial charge in [-0.1, -0.05) is 40.9 Å². The van der Waals surface area contributed by atoms with E-state index < -0.39 is 6.10 Å². The van der Waals surface area contributed by atoms with Gasteiger partial charge in [0.05, 0.1) is 13.2 Å². The Morgan fingerprint density at radius 1 is 1.15 bits per heavy atom. The molecule has 0 heterocycles. The van der Waals surface area contributed by atoms with Crippen LogP contribution in [0.1, 0.15) is 22.8 Å². The molecular formula is C16H16Cl2O2. The Bertz CT molecular complexity index is 611. The van der Waals surface area contributed by atoms with E-state index in [0.717, 1.165) is 16.7 Å². The third kappa shape index (κ3) is 3.45. The van der Waals surface area contributed by atoms with Gasteiger partial charge in [0.25, 0.3) is 0 Å². The molecule has 20 heavy (non-hydrogen) atoms. The molecule has 2 aromatic carbocycles. The highest BCUT2D eigenvalue weighted by Gasteiger charge is 2.15. The zero-order valence-corrected chi connectivity index (χ0v) is 12.9. The molecule has 0 aliphatic carbocycles. The Labute approximate surface area is 128 Å². The fraction of sp³-hybridized carbons (Fsp3) is 0.250. The molecule has 4 heteroatoms. The van der Waals surface area contributed by atoms with Gasteiger partial charge in [0.1, 0.15) is 5.75 Å². The Morgan fingerprint density at radius 2 is 1.90 bits per heavy atom. The van der Waals surface area contributed by atoms with Crippen molar-refractivity contribution in [3.05, 3.63) is 63.1 Å². The average molecular weight is 311 g/mol. The first-order valence-electron chi connectivity index (χ1n) is 6.28. The van der Waals surface area contributed by atoms with E-state index in [9.17, 15) is 5.11 Å². The number of ether oxygens (including phenoxy) is 1. The molecule has 1 N–H and O–H groups in total. The quantitative estimate of drug-likeness (QED) is 0.895. The highest BCUT2D eigenvalue weighted by Crippen LogP contribution is 2.31. The predicted molar refractivity (Wildman–Crippen MR) is 82.9 cm³/mol. The van der Waals surface area contributed by atoms with Crippen molar-refractivity contribution in [2.45, 2.75) is 19.4 Å². The van der Waals surface area contributed by atoms with Crippen LogP contribution in [0.2, 0.25) is 10.0 Å². The van der Waals surface area contributed by atoms with Gasteiger partial charge >= 0.3 is 0 Å². The van der Waals surface area contributed by atoms with Gasteiger partial charge in [-0.3, -0.25) is 0 Å². The number of halogens is 2. The van der Waals surface area contributed by atoms with Crippen molar-refractivity contribution in [2.75, 3.05) is 7.11 Å². The Hall–Kier alpha value is -1.22. The summed E-state index contributed by atoms with van der Waals surface area (Å²) in [6.45, 7) is 1.98. The summed E-state index contributed by atoms with van der Waals surface area (Å²) in [5.74, 6) is 0.674. The summed E-state index contributed by atoms with van der Waals surface area (Å²) in [7, 11) is 1.59. The van der Waals surface area contributed by atoms with E-state index in [4.69, 9.17) is 27.9 Å². The average Bonchev–Trinajstić information content (AvgIpc) is 2.41. The van der Waals surface area contributed by atoms with E-state index in [0.29, 0.717) is 22.2 Å². The molecule has 0 bridgehead atoms. The van der Waals surface area contributed by atoms with Gasteiger partial charge in [-0.05, 0) is 36.8 Å². The van der Waals surface area contributed by atoms with Gasteiger partial charge in [0, 0.05) is 22.0 Å². The summed E-state index contributed by atoms with van der Waals surface area (Å²) in [6, 6.07) is 11.0. The number of hydrogen-bond acceptors (Lipinski definition) is 2. The van der Waals surface area contributed by atoms with Crippen LogP contribution in [-0.2, 0) is 6.42 Å². The third-order valence-electron chi connectivity index (χ3n) is 3.17. The fourth-order valence-corrected chi connectivity index (χ4v) is 2.61. The summed E-state index contributed by atoms with van der Waals surface area (Å²) in [5.41, 5.74) is 2.69. The maximum atomic E-state index is 10.4. The largest absolute Gasteiger partial charge is 0.496 e. The lowest BCUT2D eigenvalue weighted by Gasteiger charge is -2.16. The van der Waals surface area contributed by atoms with Crippen LogP contribution in [0.15, 0.2) is 36.4 Å². The Kier molecular flexibility index (Phi) is 4.92. The van der Waals surface area contributed by atoms with Gasteiger partial charge in [0.2, 0.25) is 0 Å². The van der Waals surface area contributed by atoms with Gasteiger partial charge in [-0.25, -0.2) is 0 Å². The van der Waals surface area contributed by atoms with Crippen molar-refractivity contribution in [1.82, 2.24) is 0 Å². The number of aliphatic hydroxyl groups excluding tert-OH is 1. The topological polar surface area (TPSA) is 29.5 Å². The van der Waals surface area contributed by atoms with Crippen molar-refractivity contribution in [1.29, 1.82) is 0 Å². The molecule has 2 nitrogen and oxygen atoms in total. The summed E-state index contributed by atoms with van der Waals surface area (Å²) in [6.07, 6.45) is -0.265. The molecule has 106 valence electrons. The van der Waals surface area contributed by atoms with Crippen LogP contribution in [0, 0.1) is 6.92 Å². The normalized spacial score (nSPS) is 12.2. The van der Waals surface area contributed by atoms with E-state index in [1.54, 1.807) is 19.2 Å². The first-order valence-corrected chi connectivity index (χ1v) is 7.03. The molecular weight excluding hydrogens is 295 g/mol. The van der Waals surface area contributed by atoms with Gasteiger partial charge in [-0.15, -0.1) is 0 Å². The molecule has 0 saturated carbocycles. The summed E-state index contributed by atoms with van der Waals surface area (Å²) >= 11 is 12.0. The van der Waals surface area contributed by atoms with E-state index in [1.807, 2.05) is 31.2 Å². The minimum absolute atomic E-state index is 0.413. The van der Waals surface area contributed by atoms with E-state index >= 15 is 0 Å². The van der Waals surface area contributed by atoms with Gasteiger partial charge < -0.3 is 9.84 Å². The van der Waals surface area contributed by atoms with E-state index in [2.05, 4.69) is 0 Å². The molecule has 2 rings (SSSR count). The van der Waals surface area contributed by atoms with Crippen molar-refractivity contribution in [2.24, 2.45) is 0 Å². The van der Waals surface area contributed by atoms with Crippen LogP contribution in [-0.4, -0.2) is 12.2 Å². The third-order valence-corrected chi connectivity index (χ3v) is 3.76. The Morgan fingerprint density at radius 3 is 2.55 bits per heavy atom. The van der Waals surface area contributed by atoms with Crippen LogP contribution in [0.3, 0.4) is 0 Å². The molecule has 0 spiro atoms. The second kappa shape index (κ2) is 6.49. The van der Waals surface area contributed by atoms with Crippen molar-refractivity contribution >= 4 is 23.2 Å². The summed E-state index contributed by atoms with van der Waals surface area (Å²) in [4.78, 5) is 0. The first-order chi connectivity index (χ1) is 9.51. The molecule has 2 aromatic rings. The molecule has 0 radical (unpaired) electrons. The molecule has 1 atom stereocenters. The monoisotopic (exact) mass is 310 g/mol. The molecule has 0 aliphatic heterocycles. The maximum absolute atomic E-state index is 10.4. The van der Waals surface area contributed by atoms with Crippen LogP contribution in [0.25, 0.3) is 0 Å². The predicted octanol–water partition coefficient (Wildman–Crippen LogP) is 4.59. The number of benzene rings is 2. The van der Waals surface area contributed by atoms with Gasteiger partial charge in [-0.2, -0.15) is 0 Å². The lowest BCUT2D eigenvalue weighted by molar-refractivity contribution is 0.174. The van der Waals surface area contributed by atoms with Crippen molar-refractivity contribution < 1.29 is 9.84 Å². The lowest BCUT2D eigenvalue weighted by Crippen LogP contribution is -2.05. The fourth-order valence-electron chi connectivity index (χ4n) is 2.12. The molecule has 0 aromatic heterocycles. The lowest BCUT2D eigenvalue weighted by atomic mass is 9.99. The van der Waals surface area contributed by atoms with E-state index in [-0.39, 0.29) is 0 Å². The molecule has 0 saturated heterocycles. The van der Waals surface area contributed by atoms with Crippen molar-refractivity contribution in [3.8, 4) is 5.75 Å². The minimum Gasteiger partial charge on any atom is -0.496 e. The van der Waals surface area contributed by atoms with Gasteiger partial charge in [0.15, 0.2) is 0 Å². The highest BCUT2D eigenvalue weighted by atomic mass is 35.5. The number of aliphatic hydroxyl groups is 1. The zero-order valence-electron chi connectivity index (χ0n) is 11.4. The molecule has 0 aliphatic rings. The van der Waals surface area contributed by atoms with Crippen LogP contribution >= 0.6 is 23.2 Å². The van der Waals surface area contributed by atoms with Crippen LogP contribution in [0.5, 0.6) is 5.75 Å². The van der Waals surface area contributed by atoms with Crippen LogP contribution in [0.4, 0.5) is 0 Å². The number of hydrogen-bond donors (Lipinski definition) is 1. The van der Waals surface area contributed by atoms with Crippen molar-refractivity contribution in [3.63, 3.8) is 0 Å². The number of aryl methyl sites for hydroxylation is 1. The Balaban J connectivity index is 2.27. The standard InChI is InChI=1S/C16H16Cl2O2/c1-10-3-6-16(20-2)13(7-10)15(19)8-11-4-5-12(17)9-14(11)18/h3-7,9,15,19H,8H2,1-2H3. The molecule has 0 amide bonds. The maximum Gasteiger partial charge on any atom is 0.124 e. The zero-order chi connectivity index (χ0) is 14.7. The SMILES string of the molecule is COc1ccc(C)cc1C(O)Cc1ccc(Cl)cc1Cl. The second-order valence-electron chi connectivity index (χ2n) is 4.70. The number of methoxy groups -OCH3 is 1. The number of rotatable bonds is 4. The smallest absolute Gasteiger partial charge is 0.124 e. The second-order valence-corrected chi connectivity index (χ2v) is 5.54. The first kappa shape index (κ1) is 15.2. The summed E-state index contributed by atoms with van der Waals surface area (Å²) < 4.78 is 5.29. The minimum atomic E-state index is -0.677. The van der Waals surface area contributed by atoms with E-state index in [1.165, 1.54) is 0 Å². The highest BCUT2D eigenvalue weighted by molar-refractivity contribution is 6.35. The molecule has 1 unspecified atom stereocenters.